The third-order valence-corrected chi connectivity index (χ3v) is 6.28. The summed E-state index contributed by atoms with van der Waals surface area (Å²) in [7, 11) is 1.87. The molecule has 2 aliphatic rings. The molecule has 1 saturated heterocycles. The maximum absolute atomic E-state index is 4.42. The molecule has 0 aromatic carbocycles. The Morgan fingerprint density at radius 3 is 2.54 bits per heavy atom. The third-order valence-electron chi connectivity index (χ3n) is 5.04. The smallest absolute Gasteiger partial charge is 0.191 e. The molecule has 2 N–H and O–H groups in total. The molecule has 0 amide bonds. The van der Waals surface area contributed by atoms with E-state index in [4.69, 9.17) is 0 Å². The van der Waals surface area contributed by atoms with Crippen molar-refractivity contribution < 1.29 is 0 Å². The van der Waals surface area contributed by atoms with Crippen LogP contribution in [0.25, 0.3) is 0 Å². The van der Waals surface area contributed by atoms with Crippen LogP contribution in [0.2, 0.25) is 0 Å². The lowest BCUT2D eigenvalue weighted by Crippen LogP contribution is -2.50. The molecule has 136 valence electrons. The number of nitrogens with zero attached hydrogens (tertiary/aromatic N) is 2. The second-order valence-corrected chi connectivity index (χ2v) is 8.42. The Kier molecular flexibility index (Phi) is 7.37. The van der Waals surface area contributed by atoms with E-state index in [-0.39, 0.29) is 29.4 Å². The summed E-state index contributed by atoms with van der Waals surface area (Å²) in [5, 5.41) is 9.29. The number of hydrogen-bond acceptors (Lipinski definition) is 3. The van der Waals surface area contributed by atoms with Crippen molar-refractivity contribution in [2.24, 2.45) is 4.99 Å². The lowest BCUT2D eigenvalue weighted by molar-refractivity contribution is 0.197. The SMILES string of the molecule is CN=C(NCC(C)(C)c1cccs1)NC1CCN(C2CC2)CC1.I. The molecule has 0 atom stereocenters. The van der Waals surface area contributed by atoms with Gasteiger partial charge in [-0.15, -0.1) is 35.3 Å². The molecular formula is C18H31IN4S. The first-order chi connectivity index (χ1) is 11.1. The van der Waals surface area contributed by atoms with Gasteiger partial charge in [0.15, 0.2) is 5.96 Å². The Morgan fingerprint density at radius 1 is 1.29 bits per heavy atom. The molecule has 1 saturated carbocycles. The Morgan fingerprint density at radius 2 is 2.00 bits per heavy atom. The van der Waals surface area contributed by atoms with Gasteiger partial charge < -0.3 is 15.5 Å². The second kappa shape index (κ2) is 8.85. The van der Waals surface area contributed by atoms with Crippen LogP contribution in [0.5, 0.6) is 0 Å². The fraction of sp³-hybridized carbons (Fsp3) is 0.722. The van der Waals surface area contributed by atoms with Crippen molar-refractivity contribution in [2.45, 2.75) is 57.0 Å². The number of aliphatic imine (C=N–C) groups is 1. The van der Waals surface area contributed by atoms with E-state index >= 15 is 0 Å². The van der Waals surface area contributed by atoms with Gasteiger partial charge in [-0.2, -0.15) is 0 Å². The minimum atomic E-state index is 0. The van der Waals surface area contributed by atoms with Crippen LogP contribution < -0.4 is 10.6 Å². The van der Waals surface area contributed by atoms with Crippen molar-refractivity contribution in [3.05, 3.63) is 22.4 Å². The molecule has 1 aliphatic carbocycles. The van der Waals surface area contributed by atoms with Crippen molar-refractivity contribution in [1.82, 2.24) is 15.5 Å². The Labute approximate surface area is 167 Å². The van der Waals surface area contributed by atoms with E-state index in [9.17, 15) is 0 Å². The van der Waals surface area contributed by atoms with Crippen molar-refractivity contribution in [2.75, 3.05) is 26.7 Å². The average molecular weight is 462 g/mol. The monoisotopic (exact) mass is 462 g/mol. The van der Waals surface area contributed by atoms with Gasteiger partial charge in [-0.1, -0.05) is 19.9 Å². The number of thiophene rings is 1. The summed E-state index contributed by atoms with van der Waals surface area (Å²) in [6.07, 6.45) is 5.29. The second-order valence-electron chi connectivity index (χ2n) is 7.47. The zero-order valence-corrected chi connectivity index (χ0v) is 18.2. The number of halogens is 1. The number of nitrogens with one attached hydrogen (secondary N) is 2. The van der Waals surface area contributed by atoms with Crippen molar-refractivity contribution in [3.8, 4) is 0 Å². The highest BCUT2D eigenvalue weighted by Gasteiger charge is 2.32. The van der Waals surface area contributed by atoms with Crippen LogP contribution >= 0.6 is 35.3 Å². The zero-order chi connectivity index (χ0) is 16.3. The van der Waals surface area contributed by atoms with Crippen LogP contribution in [0.1, 0.15) is 44.4 Å². The number of piperidine rings is 1. The largest absolute Gasteiger partial charge is 0.356 e. The summed E-state index contributed by atoms with van der Waals surface area (Å²) in [6.45, 7) is 7.94. The molecule has 4 nitrogen and oxygen atoms in total. The average Bonchev–Trinajstić information content (AvgIpc) is 3.25. The van der Waals surface area contributed by atoms with Crippen LogP contribution in [-0.4, -0.2) is 49.6 Å². The van der Waals surface area contributed by atoms with E-state index in [0.717, 1.165) is 18.5 Å². The highest BCUT2D eigenvalue weighted by Crippen LogP contribution is 2.29. The molecule has 1 aromatic heterocycles. The van der Waals surface area contributed by atoms with Gasteiger partial charge in [0.05, 0.1) is 0 Å². The number of likely N-dealkylation sites (tertiary alicyclic amines) is 1. The molecule has 0 spiro atoms. The summed E-state index contributed by atoms with van der Waals surface area (Å²) in [5.41, 5.74) is 0.126. The highest BCUT2D eigenvalue weighted by molar-refractivity contribution is 14.0. The molecule has 1 aliphatic heterocycles. The van der Waals surface area contributed by atoms with Crippen LogP contribution in [0.3, 0.4) is 0 Å². The molecule has 0 radical (unpaired) electrons. The Hall–Kier alpha value is -0.340. The van der Waals surface area contributed by atoms with Crippen LogP contribution in [0.15, 0.2) is 22.5 Å². The quantitative estimate of drug-likeness (QED) is 0.400. The Balaban J connectivity index is 0.00000208. The number of guanidine groups is 1. The van der Waals surface area contributed by atoms with Gasteiger partial charge in [-0.05, 0) is 37.1 Å². The summed E-state index contributed by atoms with van der Waals surface area (Å²) in [6, 6.07) is 5.81. The topological polar surface area (TPSA) is 39.7 Å². The van der Waals surface area contributed by atoms with E-state index in [1.54, 1.807) is 0 Å². The first-order valence-corrected chi connectivity index (χ1v) is 9.72. The van der Waals surface area contributed by atoms with Gasteiger partial charge in [0.1, 0.15) is 0 Å². The maximum atomic E-state index is 4.42. The fourth-order valence-corrected chi connectivity index (χ4v) is 4.14. The molecule has 24 heavy (non-hydrogen) atoms. The van der Waals surface area contributed by atoms with E-state index < -0.39 is 0 Å². The molecule has 6 heteroatoms. The van der Waals surface area contributed by atoms with Crippen molar-refractivity contribution in [3.63, 3.8) is 0 Å². The van der Waals surface area contributed by atoms with Crippen LogP contribution in [-0.2, 0) is 5.41 Å². The van der Waals surface area contributed by atoms with Crippen molar-refractivity contribution in [1.29, 1.82) is 0 Å². The van der Waals surface area contributed by atoms with Crippen molar-refractivity contribution >= 4 is 41.3 Å². The van der Waals surface area contributed by atoms with Gasteiger partial charge in [0, 0.05) is 49.1 Å². The maximum Gasteiger partial charge on any atom is 0.191 e. The molecule has 3 rings (SSSR count). The predicted molar refractivity (Wildman–Crippen MR) is 115 cm³/mol. The van der Waals surface area contributed by atoms with Gasteiger partial charge in [-0.3, -0.25) is 4.99 Å². The van der Waals surface area contributed by atoms with E-state index in [2.05, 4.69) is 51.9 Å². The zero-order valence-electron chi connectivity index (χ0n) is 15.0. The lowest BCUT2D eigenvalue weighted by Gasteiger charge is -2.33. The highest BCUT2D eigenvalue weighted by atomic mass is 127. The van der Waals surface area contributed by atoms with Gasteiger partial charge in [0.25, 0.3) is 0 Å². The summed E-state index contributed by atoms with van der Waals surface area (Å²) < 4.78 is 0. The number of rotatable bonds is 5. The minimum absolute atomic E-state index is 0. The standard InChI is InChI=1S/C18H30N4S.HI/c1-18(2,16-5-4-12-23-16)13-20-17(19-3)21-14-8-10-22(11-9-14)15-6-7-15;/h4-5,12,14-15H,6-11,13H2,1-3H3,(H2,19,20,21);1H. The molecular weight excluding hydrogens is 431 g/mol. The summed E-state index contributed by atoms with van der Waals surface area (Å²) >= 11 is 1.83. The van der Waals surface area contributed by atoms with Crippen LogP contribution in [0.4, 0.5) is 0 Å². The Bertz CT molecular complexity index is 517. The van der Waals surface area contributed by atoms with Crippen LogP contribution in [0, 0.1) is 0 Å². The molecule has 0 bridgehead atoms. The first-order valence-electron chi connectivity index (χ1n) is 8.84. The third kappa shape index (κ3) is 5.33. The molecule has 2 fully saturated rings. The lowest BCUT2D eigenvalue weighted by atomic mass is 9.91. The van der Waals surface area contributed by atoms with E-state index in [1.807, 2.05) is 18.4 Å². The molecule has 2 heterocycles. The summed E-state index contributed by atoms with van der Waals surface area (Å²) in [4.78, 5) is 8.49. The molecule has 1 aromatic rings. The van der Waals surface area contributed by atoms with Gasteiger partial charge >= 0.3 is 0 Å². The summed E-state index contributed by atoms with van der Waals surface area (Å²) in [5.74, 6) is 0.944. The fourth-order valence-electron chi connectivity index (χ4n) is 3.29. The van der Waals surface area contributed by atoms with Gasteiger partial charge in [0.2, 0.25) is 0 Å². The van der Waals surface area contributed by atoms with E-state index in [1.165, 1.54) is 43.6 Å². The molecule has 0 unspecified atom stereocenters. The first kappa shape index (κ1) is 20.0. The normalized spacial score (nSPS) is 20.5. The van der Waals surface area contributed by atoms with Gasteiger partial charge in [-0.25, -0.2) is 0 Å². The van der Waals surface area contributed by atoms with E-state index in [0.29, 0.717) is 6.04 Å². The predicted octanol–water partition coefficient (Wildman–Crippen LogP) is 3.44. The number of hydrogen-bond donors (Lipinski definition) is 2. The minimum Gasteiger partial charge on any atom is -0.356 e.